The predicted octanol–water partition coefficient (Wildman–Crippen LogP) is 1.76. The molecule has 0 aromatic carbocycles. The molecule has 0 heterocycles. The van der Waals surface area contributed by atoms with Gasteiger partial charge in [-0.15, -0.1) is 0 Å². The van der Waals surface area contributed by atoms with Gasteiger partial charge in [0, 0.05) is 20.1 Å². The highest BCUT2D eigenvalue weighted by Crippen LogP contribution is 2.33. The van der Waals surface area contributed by atoms with Crippen LogP contribution in [0, 0.1) is 11.3 Å². The molecule has 1 saturated carbocycles. The van der Waals surface area contributed by atoms with E-state index in [1.807, 2.05) is 11.9 Å². The largest absolute Gasteiger partial charge is 0.393 e. The first-order chi connectivity index (χ1) is 8.99. The van der Waals surface area contributed by atoms with Crippen LogP contribution >= 0.6 is 0 Å². The normalized spacial score (nSPS) is 23.0. The number of aliphatic hydroxyl groups is 1. The Labute approximate surface area is 117 Å². The van der Waals surface area contributed by atoms with Crippen molar-refractivity contribution in [2.24, 2.45) is 17.1 Å². The van der Waals surface area contributed by atoms with Gasteiger partial charge in [-0.05, 0) is 31.6 Å². The first-order valence-corrected chi connectivity index (χ1v) is 7.62. The molecule has 0 saturated heterocycles. The molecule has 1 aliphatic rings. The standard InChI is InChI=1S/C15H30N2O2/c1-4-6-15(11-16,7-5-2)14(19)17(3)10-12-8-13(18)9-12/h12-13,18H,4-11,16H2,1-3H3. The third-order valence-corrected chi connectivity index (χ3v) is 4.39. The molecule has 4 heteroatoms. The summed E-state index contributed by atoms with van der Waals surface area (Å²) in [5, 5.41) is 9.32. The fourth-order valence-electron chi connectivity index (χ4n) is 3.31. The number of nitrogens with two attached hydrogens (primary N) is 1. The lowest BCUT2D eigenvalue weighted by molar-refractivity contribution is -0.143. The van der Waals surface area contributed by atoms with Crippen molar-refractivity contribution in [2.75, 3.05) is 20.1 Å². The van der Waals surface area contributed by atoms with E-state index in [1.54, 1.807) is 0 Å². The molecule has 1 aliphatic carbocycles. The van der Waals surface area contributed by atoms with Crippen molar-refractivity contribution in [3.05, 3.63) is 0 Å². The molecule has 3 N–H and O–H groups in total. The number of aliphatic hydroxyl groups excluding tert-OH is 1. The number of amides is 1. The minimum Gasteiger partial charge on any atom is -0.393 e. The van der Waals surface area contributed by atoms with Crippen molar-refractivity contribution in [1.82, 2.24) is 4.90 Å². The van der Waals surface area contributed by atoms with Gasteiger partial charge < -0.3 is 15.7 Å². The number of hydrogen-bond donors (Lipinski definition) is 2. The predicted molar refractivity (Wildman–Crippen MR) is 77.7 cm³/mol. The van der Waals surface area contributed by atoms with E-state index in [1.165, 1.54) is 0 Å². The lowest BCUT2D eigenvalue weighted by Gasteiger charge is -2.39. The minimum absolute atomic E-state index is 0.154. The second kappa shape index (κ2) is 7.25. The van der Waals surface area contributed by atoms with E-state index in [-0.39, 0.29) is 17.4 Å². The Morgan fingerprint density at radius 1 is 1.32 bits per heavy atom. The summed E-state index contributed by atoms with van der Waals surface area (Å²) < 4.78 is 0. The van der Waals surface area contributed by atoms with Gasteiger partial charge in [0.1, 0.15) is 0 Å². The SMILES string of the molecule is CCCC(CN)(CCC)C(=O)N(C)CC1CC(O)C1. The molecule has 1 amide bonds. The van der Waals surface area contributed by atoms with Gasteiger partial charge in [0.25, 0.3) is 0 Å². The average molecular weight is 270 g/mol. The summed E-state index contributed by atoms with van der Waals surface area (Å²) in [5.41, 5.74) is 5.56. The number of nitrogens with zero attached hydrogens (tertiary/aromatic N) is 1. The first-order valence-electron chi connectivity index (χ1n) is 7.62. The van der Waals surface area contributed by atoms with Gasteiger partial charge in [0.05, 0.1) is 11.5 Å². The van der Waals surface area contributed by atoms with E-state index in [0.29, 0.717) is 12.5 Å². The third kappa shape index (κ3) is 3.93. The van der Waals surface area contributed by atoms with E-state index < -0.39 is 0 Å². The molecule has 0 unspecified atom stereocenters. The van der Waals surface area contributed by atoms with Crippen molar-refractivity contribution in [1.29, 1.82) is 0 Å². The van der Waals surface area contributed by atoms with E-state index in [0.717, 1.165) is 45.1 Å². The number of carbonyl (C=O) groups excluding carboxylic acids is 1. The van der Waals surface area contributed by atoms with Crippen LogP contribution in [0.2, 0.25) is 0 Å². The third-order valence-electron chi connectivity index (χ3n) is 4.39. The van der Waals surface area contributed by atoms with Crippen LogP contribution in [0.3, 0.4) is 0 Å². The van der Waals surface area contributed by atoms with Gasteiger partial charge >= 0.3 is 0 Å². The first kappa shape index (κ1) is 16.4. The van der Waals surface area contributed by atoms with Crippen molar-refractivity contribution in [3.8, 4) is 0 Å². The van der Waals surface area contributed by atoms with Gasteiger partial charge in [-0.25, -0.2) is 0 Å². The lowest BCUT2D eigenvalue weighted by Crippen LogP contribution is -2.49. The Morgan fingerprint density at radius 3 is 2.21 bits per heavy atom. The number of carbonyl (C=O) groups is 1. The monoisotopic (exact) mass is 270 g/mol. The van der Waals surface area contributed by atoms with Crippen LogP contribution in [0.1, 0.15) is 52.4 Å². The maximum Gasteiger partial charge on any atom is 0.229 e. The smallest absolute Gasteiger partial charge is 0.229 e. The van der Waals surface area contributed by atoms with Crippen molar-refractivity contribution < 1.29 is 9.90 Å². The minimum atomic E-state index is -0.374. The van der Waals surface area contributed by atoms with E-state index >= 15 is 0 Å². The van der Waals surface area contributed by atoms with E-state index in [4.69, 9.17) is 5.73 Å². The van der Waals surface area contributed by atoms with Crippen LogP contribution in [0.25, 0.3) is 0 Å². The Bertz CT molecular complexity index is 282. The lowest BCUT2D eigenvalue weighted by atomic mass is 9.77. The highest BCUT2D eigenvalue weighted by atomic mass is 16.3. The highest BCUT2D eigenvalue weighted by Gasteiger charge is 2.39. The maximum absolute atomic E-state index is 12.7. The van der Waals surface area contributed by atoms with Crippen molar-refractivity contribution in [2.45, 2.75) is 58.5 Å². The van der Waals surface area contributed by atoms with Crippen molar-refractivity contribution >= 4 is 5.91 Å². The van der Waals surface area contributed by atoms with Gasteiger partial charge in [-0.1, -0.05) is 26.7 Å². The van der Waals surface area contributed by atoms with Crippen LogP contribution in [-0.2, 0) is 4.79 Å². The Morgan fingerprint density at radius 2 is 1.84 bits per heavy atom. The van der Waals surface area contributed by atoms with Crippen LogP contribution in [0.5, 0.6) is 0 Å². The molecule has 4 nitrogen and oxygen atoms in total. The molecule has 112 valence electrons. The molecule has 0 atom stereocenters. The van der Waals surface area contributed by atoms with E-state index in [2.05, 4.69) is 13.8 Å². The molecule has 0 aromatic heterocycles. The zero-order chi connectivity index (χ0) is 14.5. The molecule has 0 aliphatic heterocycles. The summed E-state index contributed by atoms with van der Waals surface area (Å²) in [7, 11) is 1.88. The second-order valence-corrected chi connectivity index (χ2v) is 6.16. The van der Waals surface area contributed by atoms with Crippen LogP contribution in [-0.4, -0.2) is 42.2 Å². The van der Waals surface area contributed by atoms with Gasteiger partial charge in [-0.3, -0.25) is 4.79 Å². The van der Waals surface area contributed by atoms with E-state index in [9.17, 15) is 9.90 Å². The quantitative estimate of drug-likeness (QED) is 0.706. The fraction of sp³-hybridized carbons (Fsp3) is 0.933. The highest BCUT2D eigenvalue weighted by molar-refractivity contribution is 5.82. The number of hydrogen-bond acceptors (Lipinski definition) is 3. The summed E-state index contributed by atoms with van der Waals surface area (Å²) in [6.07, 6.45) is 5.21. The molecular formula is C15H30N2O2. The second-order valence-electron chi connectivity index (χ2n) is 6.16. The van der Waals surface area contributed by atoms with Gasteiger partial charge in [-0.2, -0.15) is 0 Å². The van der Waals surface area contributed by atoms with Crippen molar-refractivity contribution in [3.63, 3.8) is 0 Å². The summed E-state index contributed by atoms with van der Waals surface area (Å²) in [6.45, 7) is 5.40. The Balaban J connectivity index is 2.63. The zero-order valence-corrected chi connectivity index (χ0v) is 12.7. The summed E-state index contributed by atoms with van der Waals surface area (Å²) >= 11 is 0. The molecular weight excluding hydrogens is 240 g/mol. The van der Waals surface area contributed by atoms with Gasteiger partial charge in [0.15, 0.2) is 0 Å². The Kier molecular flexibility index (Phi) is 6.27. The molecule has 0 spiro atoms. The van der Waals surface area contributed by atoms with Crippen LogP contribution in [0.4, 0.5) is 0 Å². The molecule has 1 fully saturated rings. The van der Waals surface area contributed by atoms with Crippen LogP contribution in [0.15, 0.2) is 0 Å². The average Bonchev–Trinajstić information content (AvgIpc) is 2.35. The van der Waals surface area contributed by atoms with Crippen LogP contribution < -0.4 is 5.73 Å². The number of rotatable bonds is 8. The molecule has 0 aromatic rings. The summed E-state index contributed by atoms with van der Waals surface area (Å²) in [6, 6.07) is 0. The molecule has 0 radical (unpaired) electrons. The van der Waals surface area contributed by atoms with Gasteiger partial charge in [0.2, 0.25) is 5.91 Å². The Hall–Kier alpha value is -0.610. The summed E-state index contributed by atoms with van der Waals surface area (Å²) in [5.74, 6) is 0.655. The maximum atomic E-state index is 12.7. The topological polar surface area (TPSA) is 66.6 Å². The fourth-order valence-corrected chi connectivity index (χ4v) is 3.31. The molecule has 0 bridgehead atoms. The summed E-state index contributed by atoms with van der Waals surface area (Å²) in [4.78, 5) is 14.6. The zero-order valence-electron chi connectivity index (χ0n) is 12.7. The molecule has 19 heavy (non-hydrogen) atoms. The molecule has 1 rings (SSSR count).